The van der Waals surface area contributed by atoms with Crippen molar-refractivity contribution in [1.29, 1.82) is 0 Å². The van der Waals surface area contributed by atoms with Crippen LogP contribution in [0.3, 0.4) is 0 Å². The molecule has 0 atom stereocenters. The monoisotopic (exact) mass is 270 g/mol. The van der Waals surface area contributed by atoms with Crippen LogP contribution in [0, 0.1) is 6.92 Å². The van der Waals surface area contributed by atoms with E-state index in [4.69, 9.17) is 16.0 Å². The minimum atomic E-state index is 0.678. The summed E-state index contributed by atoms with van der Waals surface area (Å²) < 4.78 is 5.52. The Labute approximate surface area is 115 Å². The average molecular weight is 271 g/mol. The van der Waals surface area contributed by atoms with Crippen LogP contribution in [0.4, 0.5) is 0 Å². The molecule has 0 aliphatic rings. The van der Waals surface area contributed by atoms with E-state index in [1.54, 1.807) is 6.20 Å². The lowest BCUT2D eigenvalue weighted by atomic mass is 10.1. The van der Waals surface area contributed by atoms with Crippen molar-refractivity contribution in [3.63, 3.8) is 0 Å². The molecular formula is C15H11ClN2O. The summed E-state index contributed by atoms with van der Waals surface area (Å²) in [5.74, 6) is 0.729. The summed E-state index contributed by atoms with van der Waals surface area (Å²) in [5.41, 5.74) is 3.62. The minimum Gasteiger partial charge on any atom is -0.443 e. The van der Waals surface area contributed by atoms with Crippen LogP contribution >= 0.6 is 11.6 Å². The summed E-state index contributed by atoms with van der Waals surface area (Å²) in [5, 5.41) is 0.678. The van der Waals surface area contributed by atoms with E-state index >= 15 is 0 Å². The van der Waals surface area contributed by atoms with Gasteiger partial charge in [-0.1, -0.05) is 23.7 Å². The molecule has 3 nitrogen and oxygen atoms in total. The molecule has 1 aromatic carbocycles. The zero-order valence-electron chi connectivity index (χ0n) is 10.3. The topological polar surface area (TPSA) is 38.9 Å². The smallest absolute Gasteiger partial charge is 0.182 e. The Morgan fingerprint density at radius 1 is 1.05 bits per heavy atom. The van der Waals surface area contributed by atoms with Crippen molar-refractivity contribution in [3.8, 4) is 22.6 Å². The molecule has 0 N–H and O–H groups in total. The van der Waals surface area contributed by atoms with Crippen molar-refractivity contribution in [2.75, 3.05) is 0 Å². The Balaban J connectivity index is 2.13. The van der Waals surface area contributed by atoms with Gasteiger partial charge in [-0.2, -0.15) is 0 Å². The normalized spacial score (nSPS) is 10.6. The number of hydrogen-bond acceptors (Lipinski definition) is 3. The van der Waals surface area contributed by atoms with Gasteiger partial charge in [0.05, 0.1) is 0 Å². The van der Waals surface area contributed by atoms with E-state index in [-0.39, 0.29) is 0 Å². The van der Waals surface area contributed by atoms with Crippen molar-refractivity contribution < 1.29 is 4.42 Å². The highest BCUT2D eigenvalue weighted by molar-refractivity contribution is 6.30. The Hall–Kier alpha value is -2.13. The lowest BCUT2D eigenvalue weighted by molar-refractivity contribution is 0.572. The van der Waals surface area contributed by atoms with Crippen LogP contribution in [-0.2, 0) is 0 Å². The SMILES string of the molecule is Cc1cc(-c2ocnc2-c2cccc(Cl)c2)ccn1. The number of nitrogens with zero attached hydrogens (tertiary/aromatic N) is 2. The number of oxazole rings is 1. The summed E-state index contributed by atoms with van der Waals surface area (Å²) in [6.45, 7) is 1.94. The maximum absolute atomic E-state index is 6.02. The molecular weight excluding hydrogens is 260 g/mol. The summed E-state index contributed by atoms with van der Waals surface area (Å²) >= 11 is 6.02. The standard InChI is InChI=1S/C15H11ClN2O/c1-10-7-12(5-6-17-10)15-14(18-9-19-15)11-3-2-4-13(16)8-11/h2-9H,1H3. The molecule has 0 fully saturated rings. The highest BCUT2D eigenvalue weighted by atomic mass is 35.5. The fraction of sp³-hybridized carbons (Fsp3) is 0.0667. The molecule has 0 saturated heterocycles. The van der Waals surface area contributed by atoms with Crippen molar-refractivity contribution in [1.82, 2.24) is 9.97 Å². The second-order valence-corrected chi connectivity index (χ2v) is 4.66. The van der Waals surface area contributed by atoms with Gasteiger partial charge in [-0.15, -0.1) is 0 Å². The molecule has 3 rings (SSSR count). The third-order valence-electron chi connectivity index (χ3n) is 2.82. The van der Waals surface area contributed by atoms with Crippen molar-refractivity contribution in [3.05, 3.63) is 59.7 Å². The molecule has 0 spiro atoms. The average Bonchev–Trinajstić information content (AvgIpc) is 2.88. The molecule has 2 aromatic heterocycles. The molecule has 0 radical (unpaired) electrons. The van der Waals surface area contributed by atoms with Gasteiger partial charge in [-0.05, 0) is 31.2 Å². The van der Waals surface area contributed by atoms with Gasteiger partial charge in [0.2, 0.25) is 0 Å². The van der Waals surface area contributed by atoms with E-state index in [9.17, 15) is 0 Å². The summed E-state index contributed by atoms with van der Waals surface area (Å²) in [6, 6.07) is 11.4. The van der Waals surface area contributed by atoms with E-state index in [1.807, 2.05) is 43.3 Å². The second-order valence-electron chi connectivity index (χ2n) is 4.23. The van der Waals surface area contributed by atoms with Gasteiger partial charge in [0.25, 0.3) is 0 Å². The maximum atomic E-state index is 6.02. The largest absolute Gasteiger partial charge is 0.443 e. The van der Waals surface area contributed by atoms with E-state index in [2.05, 4.69) is 9.97 Å². The minimum absolute atomic E-state index is 0.678. The molecule has 0 unspecified atom stereocenters. The summed E-state index contributed by atoms with van der Waals surface area (Å²) in [4.78, 5) is 8.47. The Morgan fingerprint density at radius 3 is 2.74 bits per heavy atom. The number of halogens is 1. The van der Waals surface area contributed by atoms with Crippen LogP contribution in [0.15, 0.2) is 53.4 Å². The zero-order chi connectivity index (χ0) is 13.2. The maximum Gasteiger partial charge on any atom is 0.182 e. The van der Waals surface area contributed by atoms with E-state index in [1.165, 1.54) is 6.39 Å². The molecule has 4 heteroatoms. The summed E-state index contributed by atoms with van der Waals surface area (Å²) in [6.07, 6.45) is 3.20. The first-order chi connectivity index (χ1) is 9.24. The van der Waals surface area contributed by atoms with Gasteiger partial charge in [0.15, 0.2) is 12.2 Å². The quantitative estimate of drug-likeness (QED) is 0.694. The van der Waals surface area contributed by atoms with Crippen LogP contribution < -0.4 is 0 Å². The van der Waals surface area contributed by atoms with E-state index in [0.29, 0.717) is 5.02 Å². The van der Waals surface area contributed by atoms with Gasteiger partial charge in [0, 0.05) is 28.0 Å². The molecule has 2 heterocycles. The molecule has 0 aliphatic carbocycles. The van der Waals surface area contributed by atoms with Gasteiger partial charge in [0.1, 0.15) is 5.69 Å². The van der Waals surface area contributed by atoms with E-state index < -0.39 is 0 Å². The highest BCUT2D eigenvalue weighted by Gasteiger charge is 2.13. The lowest BCUT2D eigenvalue weighted by Crippen LogP contribution is -1.85. The number of aryl methyl sites for hydroxylation is 1. The van der Waals surface area contributed by atoms with Gasteiger partial charge in [-0.3, -0.25) is 4.98 Å². The predicted molar refractivity (Wildman–Crippen MR) is 74.9 cm³/mol. The van der Waals surface area contributed by atoms with Crippen LogP contribution in [0.2, 0.25) is 5.02 Å². The first kappa shape index (κ1) is 11.9. The molecule has 0 amide bonds. The van der Waals surface area contributed by atoms with Crippen molar-refractivity contribution in [2.24, 2.45) is 0 Å². The number of hydrogen-bond donors (Lipinski definition) is 0. The van der Waals surface area contributed by atoms with Crippen LogP contribution in [0.1, 0.15) is 5.69 Å². The van der Waals surface area contributed by atoms with Crippen molar-refractivity contribution in [2.45, 2.75) is 6.92 Å². The van der Waals surface area contributed by atoms with Crippen LogP contribution in [-0.4, -0.2) is 9.97 Å². The van der Waals surface area contributed by atoms with Crippen LogP contribution in [0.25, 0.3) is 22.6 Å². The second kappa shape index (κ2) is 4.86. The Morgan fingerprint density at radius 2 is 1.95 bits per heavy atom. The lowest BCUT2D eigenvalue weighted by Gasteiger charge is -2.02. The first-order valence-corrected chi connectivity index (χ1v) is 6.24. The number of benzene rings is 1. The zero-order valence-corrected chi connectivity index (χ0v) is 11.1. The first-order valence-electron chi connectivity index (χ1n) is 5.86. The van der Waals surface area contributed by atoms with Crippen LogP contribution in [0.5, 0.6) is 0 Å². The molecule has 19 heavy (non-hydrogen) atoms. The molecule has 0 aliphatic heterocycles. The number of rotatable bonds is 2. The predicted octanol–water partition coefficient (Wildman–Crippen LogP) is 4.37. The number of pyridine rings is 1. The summed E-state index contributed by atoms with van der Waals surface area (Å²) in [7, 11) is 0. The van der Waals surface area contributed by atoms with Gasteiger partial charge >= 0.3 is 0 Å². The Kier molecular flexibility index (Phi) is 3.05. The molecule has 0 bridgehead atoms. The fourth-order valence-corrected chi connectivity index (χ4v) is 2.17. The Bertz CT molecular complexity index is 661. The molecule has 0 saturated carbocycles. The molecule has 94 valence electrons. The van der Waals surface area contributed by atoms with E-state index in [0.717, 1.165) is 28.3 Å². The fourth-order valence-electron chi connectivity index (χ4n) is 1.98. The van der Waals surface area contributed by atoms with Crippen molar-refractivity contribution >= 4 is 11.6 Å². The van der Waals surface area contributed by atoms with Gasteiger partial charge < -0.3 is 4.42 Å². The highest BCUT2D eigenvalue weighted by Crippen LogP contribution is 2.32. The third kappa shape index (κ3) is 2.37. The third-order valence-corrected chi connectivity index (χ3v) is 3.06. The number of aromatic nitrogens is 2. The molecule has 3 aromatic rings. The van der Waals surface area contributed by atoms with Gasteiger partial charge in [-0.25, -0.2) is 4.98 Å².